The molecule has 4 nitrogen and oxygen atoms in total. The number of methoxy groups -OCH3 is 1. The lowest BCUT2D eigenvalue weighted by atomic mass is 10.1. The largest absolute Gasteiger partial charge is 0.497 e. The zero-order valence-corrected chi connectivity index (χ0v) is 12.8. The van der Waals surface area contributed by atoms with Crippen molar-refractivity contribution in [2.24, 2.45) is 5.73 Å². The summed E-state index contributed by atoms with van der Waals surface area (Å²) in [6, 6.07) is 13.4. The van der Waals surface area contributed by atoms with E-state index in [1.54, 1.807) is 13.2 Å². The lowest BCUT2D eigenvalue weighted by molar-refractivity contribution is 0.414. The Morgan fingerprint density at radius 1 is 1.29 bits per heavy atom. The Morgan fingerprint density at radius 3 is 2.67 bits per heavy atom. The first-order valence-electron chi connectivity index (χ1n) is 6.49. The lowest BCUT2D eigenvalue weighted by Crippen LogP contribution is -2.17. The summed E-state index contributed by atoms with van der Waals surface area (Å²) in [5.41, 5.74) is 8.13. The third kappa shape index (κ3) is 3.67. The zero-order chi connectivity index (χ0) is 15.4. The van der Waals surface area contributed by atoms with Gasteiger partial charge in [-0.25, -0.2) is 0 Å². The Balaban J connectivity index is 2.18. The molecule has 0 fully saturated rings. The van der Waals surface area contributed by atoms with Crippen molar-refractivity contribution in [3.05, 3.63) is 58.6 Å². The molecule has 0 unspecified atom stereocenters. The number of amidine groups is 1. The maximum atomic E-state index is 7.44. The molecule has 0 spiro atoms. The molecule has 2 aromatic rings. The number of rotatable bonds is 5. The van der Waals surface area contributed by atoms with E-state index >= 15 is 0 Å². The molecule has 0 saturated carbocycles. The molecular formula is C16H18ClN3O. The molecule has 0 aliphatic rings. The number of hydrogen-bond donors (Lipinski definition) is 2. The van der Waals surface area contributed by atoms with Crippen LogP contribution in [0.5, 0.6) is 5.75 Å². The van der Waals surface area contributed by atoms with Crippen LogP contribution in [0.15, 0.2) is 42.5 Å². The maximum Gasteiger partial charge on any atom is 0.124 e. The minimum Gasteiger partial charge on any atom is -0.497 e. The van der Waals surface area contributed by atoms with Gasteiger partial charge in [-0.05, 0) is 35.9 Å². The van der Waals surface area contributed by atoms with Crippen LogP contribution in [0.3, 0.4) is 0 Å². The summed E-state index contributed by atoms with van der Waals surface area (Å²) in [6.45, 7) is 0.729. The fraction of sp³-hybridized carbons (Fsp3) is 0.188. The molecule has 5 heteroatoms. The first-order chi connectivity index (χ1) is 10.0. The molecule has 0 radical (unpaired) electrons. The third-order valence-electron chi connectivity index (χ3n) is 3.24. The van der Waals surface area contributed by atoms with Crippen LogP contribution in [0.2, 0.25) is 5.02 Å². The summed E-state index contributed by atoms with van der Waals surface area (Å²) in [7, 11) is 3.64. The van der Waals surface area contributed by atoms with Crippen LogP contribution in [-0.2, 0) is 6.54 Å². The summed E-state index contributed by atoms with van der Waals surface area (Å²) in [5, 5.41) is 7.93. The Bertz CT molecular complexity index is 658. The Labute approximate surface area is 129 Å². The van der Waals surface area contributed by atoms with E-state index in [4.69, 9.17) is 27.5 Å². The second kappa shape index (κ2) is 6.50. The van der Waals surface area contributed by atoms with E-state index < -0.39 is 0 Å². The van der Waals surface area contributed by atoms with Crippen molar-refractivity contribution in [3.8, 4) is 5.75 Å². The van der Waals surface area contributed by atoms with Gasteiger partial charge in [-0.15, -0.1) is 0 Å². The predicted octanol–water partition coefficient (Wildman–Crippen LogP) is 3.27. The van der Waals surface area contributed by atoms with Crippen LogP contribution in [0.1, 0.15) is 11.1 Å². The SMILES string of the molecule is COc1cccc(CN(C)c2ccc(C(=N)N)c(Cl)c2)c1. The first kappa shape index (κ1) is 15.2. The van der Waals surface area contributed by atoms with Crippen LogP contribution in [0.4, 0.5) is 5.69 Å². The number of ether oxygens (including phenoxy) is 1. The van der Waals surface area contributed by atoms with Gasteiger partial charge < -0.3 is 15.4 Å². The van der Waals surface area contributed by atoms with E-state index in [-0.39, 0.29) is 5.84 Å². The highest BCUT2D eigenvalue weighted by Gasteiger charge is 2.08. The van der Waals surface area contributed by atoms with Gasteiger partial charge >= 0.3 is 0 Å². The molecule has 2 rings (SSSR count). The Hall–Kier alpha value is -2.20. The number of nitrogen functional groups attached to an aromatic ring is 1. The van der Waals surface area contributed by atoms with E-state index in [9.17, 15) is 0 Å². The zero-order valence-electron chi connectivity index (χ0n) is 12.1. The van der Waals surface area contributed by atoms with E-state index in [2.05, 4.69) is 4.90 Å². The number of benzene rings is 2. The van der Waals surface area contributed by atoms with Crippen molar-refractivity contribution < 1.29 is 4.74 Å². The summed E-state index contributed by atoms with van der Waals surface area (Å²) in [4.78, 5) is 2.07. The van der Waals surface area contributed by atoms with Crippen molar-refractivity contribution in [2.75, 3.05) is 19.1 Å². The minimum atomic E-state index is -0.0259. The smallest absolute Gasteiger partial charge is 0.124 e. The van der Waals surface area contributed by atoms with Gasteiger partial charge in [-0.3, -0.25) is 5.41 Å². The molecule has 0 aromatic heterocycles. The topological polar surface area (TPSA) is 62.3 Å². The molecule has 0 bridgehead atoms. The van der Waals surface area contributed by atoms with Gasteiger partial charge in [0.25, 0.3) is 0 Å². The average molecular weight is 304 g/mol. The molecular weight excluding hydrogens is 286 g/mol. The molecule has 110 valence electrons. The van der Waals surface area contributed by atoms with E-state index in [1.165, 1.54) is 0 Å². The molecule has 0 atom stereocenters. The van der Waals surface area contributed by atoms with Gasteiger partial charge in [0.15, 0.2) is 0 Å². The maximum absolute atomic E-state index is 7.44. The van der Waals surface area contributed by atoms with Crippen LogP contribution in [0.25, 0.3) is 0 Å². The lowest BCUT2D eigenvalue weighted by Gasteiger charge is -2.20. The molecule has 0 amide bonds. The monoisotopic (exact) mass is 303 g/mol. The minimum absolute atomic E-state index is 0.0259. The average Bonchev–Trinajstić information content (AvgIpc) is 2.46. The van der Waals surface area contributed by atoms with Crippen molar-refractivity contribution in [1.82, 2.24) is 0 Å². The van der Waals surface area contributed by atoms with Crippen LogP contribution in [0, 0.1) is 5.41 Å². The van der Waals surface area contributed by atoms with Crippen molar-refractivity contribution in [2.45, 2.75) is 6.54 Å². The Kier molecular flexibility index (Phi) is 4.70. The number of nitrogens with zero attached hydrogens (tertiary/aromatic N) is 1. The molecule has 3 N–H and O–H groups in total. The fourth-order valence-corrected chi connectivity index (χ4v) is 2.37. The third-order valence-corrected chi connectivity index (χ3v) is 3.55. The van der Waals surface area contributed by atoms with Gasteiger partial charge in [0.05, 0.1) is 12.1 Å². The van der Waals surface area contributed by atoms with E-state index in [0.29, 0.717) is 10.6 Å². The quantitative estimate of drug-likeness (QED) is 0.658. The fourth-order valence-electron chi connectivity index (χ4n) is 2.10. The second-order valence-electron chi connectivity index (χ2n) is 4.79. The van der Waals surface area contributed by atoms with Gasteiger partial charge in [-0.2, -0.15) is 0 Å². The van der Waals surface area contributed by atoms with E-state index in [0.717, 1.165) is 23.5 Å². The first-order valence-corrected chi connectivity index (χ1v) is 6.87. The number of hydrogen-bond acceptors (Lipinski definition) is 3. The normalized spacial score (nSPS) is 10.2. The molecule has 0 heterocycles. The summed E-state index contributed by atoms with van der Waals surface area (Å²) in [6.07, 6.45) is 0. The van der Waals surface area contributed by atoms with E-state index in [1.807, 2.05) is 43.4 Å². The van der Waals surface area contributed by atoms with Gasteiger partial charge in [0, 0.05) is 24.8 Å². The van der Waals surface area contributed by atoms with Crippen molar-refractivity contribution in [3.63, 3.8) is 0 Å². The number of nitrogens with one attached hydrogen (secondary N) is 1. The molecule has 2 aromatic carbocycles. The molecule has 0 saturated heterocycles. The molecule has 0 aliphatic carbocycles. The van der Waals surface area contributed by atoms with Crippen LogP contribution >= 0.6 is 11.6 Å². The highest BCUT2D eigenvalue weighted by atomic mass is 35.5. The molecule has 0 aliphatic heterocycles. The Morgan fingerprint density at radius 2 is 2.05 bits per heavy atom. The number of anilines is 1. The molecule has 21 heavy (non-hydrogen) atoms. The predicted molar refractivity (Wildman–Crippen MR) is 87.6 cm³/mol. The van der Waals surface area contributed by atoms with Crippen LogP contribution in [-0.4, -0.2) is 20.0 Å². The van der Waals surface area contributed by atoms with Gasteiger partial charge in [0.2, 0.25) is 0 Å². The van der Waals surface area contributed by atoms with Gasteiger partial charge in [0.1, 0.15) is 11.6 Å². The number of nitrogens with two attached hydrogens (primary N) is 1. The number of halogens is 1. The summed E-state index contributed by atoms with van der Waals surface area (Å²) < 4.78 is 5.23. The summed E-state index contributed by atoms with van der Waals surface area (Å²) in [5.74, 6) is 0.813. The van der Waals surface area contributed by atoms with Crippen molar-refractivity contribution >= 4 is 23.1 Å². The van der Waals surface area contributed by atoms with Crippen LogP contribution < -0.4 is 15.4 Å². The second-order valence-corrected chi connectivity index (χ2v) is 5.19. The van der Waals surface area contributed by atoms with Crippen molar-refractivity contribution in [1.29, 1.82) is 5.41 Å². The highest BCUT2D eigenvalue weighted by Crippen LogP contribution is 2.24. The standard InChI is InChI=1S/C16H18ClN3O/c1-20(10-11-4-3-5-13(8-11)21-2)12-6-7-14(16(18)19)15(17)9-12/h3-9H,10H2,1-2H3,(H3,18,19). The van der Waals surface area contributed by atoms with Gasteiger partial charge in [-0.1, -0.05) is 23.7 Å². The summed E-state index contributed by atoms with van der Waals surface area (Å²) >= 11 is 6.15. The highest BCUT2D eigenvalue weighted by molar-refractivity contribution is 6.34.